The Labute approximate surface area is 169 Å². The quantitative estimate of drug-likeness (QED) is 0.745. The number of likely N-dealkylation sites (tertiary alicyclic amines) is 1. The molecule has 0 bridgehead atoms. The Kier molecular flexibility index (Phi) is 6.08. The molecule has 5 nitrogen and oxygen atoms in total. The SMILES string of the molecule is CCOC[C@]12CN(C(=O)CC)CC[C@H]1CN(c1ccc(C#N)c(C(F)(F)F)c1)C2. The van der Waals surface area contributed by atoms with Crippen molar-refractivity contribution in [3.8, 4) is 6.07 Å². The van der Waals surface area contributed by atoms with Crippen LogP contribution in [-0.4, -0.2) is 50.2 Å². The van der Waals surface area contributed by atoms with Gasteiger partial charge in [-0.25, -0.2) is 0 Å². The van der Waals surface area contributed by atoms with Gasteiger partial charge < -0.3 is 14.5 Å². The molecule has 0 spiro atoms. The van der Waals surface area contributed by atoms with Gasteiger partial charge in [0, 0.05) is 50.3 Å². The Hall–Kier alpha value is -2.27. The minimum Gasteiger partial charge on any atom is -0.381 e. The number of nitriles is 1. The molecule has 0 radical (unpaired) electrons. The van der Waals surface area contributed by atoms with Crippen LogP contribution in [0.2, 0.25) is 0 Å². The van der Waals surface area contributed by atoms with Crippen molar-refractivity contribution in [2.75, 3.05) is 44.3 Å². The van der Waals surface area contributed by atoms with Gasteiger partial charge in [0.15, 0.2) is 0 Å². The number of nitrogens with zero attached hydrogens (tertiary/aromatic N) is 3. The second kappa shape index (κ2) is 8.23. The van der Waals surface area contributed by atoms with E-state index >= 15 is 0 Å². The van der Waals surface area contributed by atoms with Gasteiger partial charge in [0.1, 0.15) is 0 Å². The van der Waals surface area contributed by atoms with Gasteiger partial charge in [-0.15, -0.1) is 0 Å². The van der Waals surface area contributed by atoms with Crippen LogP contribution in [0.5, 0.6) is 0 Å². The van der Waals surface area contributed by atoms with E-state index in [9.17, 15) is 18.0 Å². The summed E-state index contributed by atoms with van der Waals surface area (Å²) in [5.74, 6) is 0.329. The second-order valence-electron chi connectivity index (χ2n) is 7.87. The summed E-state index contributed by atoms with van der Waals surface area (Å²) in [5, 5.41) is 9.03. The van der Waals surface area contributed by atoms with E-state index in [4.69, 9.17) is 10.00 Å². The predicted molar refractivity (Wildman–Crippen MR) is 102 cm³/mol. The van der Waals surface area contributed by atoms with Crippen LogP contribution in [0.4, 0.5) is 18.9 Å². The van der Waals surface area contributed by atoms with Gasteiger partial charge in [-0.2, -0.15) is 18.4 Å². The number of anilines is 1. The van der Waals surface area contributed by atoms with Gasteiger partial charge in [0.25, 0.3) is 0 Å². The number of benzene rings is 1. The lowest BCUT2D eigenvalue weighted by atomic mass is 9.74. The first-order valence-electron chi connectivity index (χ1n) is 9.96. The van der Waals surface area contributed by atoms with E-state index in [1.165, 1.54) is 6.07 Å². The van der Waals surface area contributed by atoms with Crippen molar-refractivity contribution in [2.24, 2.45) is 11.3 Å². The highest BCUT2D eigenvalue weighted by atomic mass is 19.4. The molecule has 2 heterocycles. The van der Waals surface area contributed by atoms with Gasteiger partial charge in [-0.3, -0.25) is 4.79 Å². The third kappa shape index (κ3) is 4.20. The molecule has 3 rings (SSSR count). The normalized spacial score (nSPS) is 24.3. The summed E-state index contributed by atoms with van der Waals surface area (Å²) >= 11 is 0. The maximum absolute atomic E-state index is 13.4. The highest BCUT2D eigenvalue weighted by Gasteiger charge is 2.51. The van der Waals surface area contributed by atoms with E-state index in [1.54, 1.807) is 12.1 Å². The van der Waals surface area contributed by atoms with Crippen molar-refractivity contribution in [3.05, 3.63) is 29.3 Å². The summed E-state index contributed by atoms with van der Waals surface area (Å²) < 4.78 is 45.9. The number of rotatable bonds is 5. The molecule has 2 aliphatic rings. The second-order valence-corrected chi connectivity index (χ2v) is 7.87. The number of ether oxygens (including phenoxy) is 1. The highest BCUT2D eigenvalue weighted by Crippen LogP contribution is 2.45. The fourth-order valence-electron chi connectivity index (χ4n) is 4.59. The molecule has 2 aliphatic heterocycles. The molecular weight excluding hydrogens is 383 g/mol. The first kappa shape index (κ1) is 21.4. The van der Waals surface area contributed by atoms with Crippen molar-refractivity contribution < 1.29 is 22.7 Å². The first-order valence-corrected chi connectivity index (χ1v) is 9.96. The number of carbonyl (C=O) groups is 1. The van der Waals surface area contributed by atoms with Crippen molar-refractivity contribution in [3.63, 3.8) is 0 Å². The number of piperidine rings is 1. The van der Waals surface area contributed by atoms with Gasteiger partial charge >= 0.3 is 6.18 Å². The minimum atomic E-state index is -4.58. The Morgan fingerprint density at radius 1 is 1.34 bits per heavy atom. The number of amides is 1. The maximum atomic E-state index is 13.4. The number of alkyl halides is 3. The minimum absolute atomic E-state index is 0.0931. The maximum Gasteiger partial charge on any atom is 0.417 e. The molecule has 0 N–H and O–H groups in total. The van der Waals surface area contributed by atoms with Crippen molar-refractivity contribution >= 4 is 11.6 Å². The van der Waals surface area contributed by atoms with Gasteiger partial charge in [0.05, 0.1) is 23.8 Å². The number of halogens is 3. The Balaban J connectivity index is 1.90. The third-order valence-corrected chi connectivity index (χ3v) is 6.11. The average Bonchev–Trinajstić information content (AvgIpc) is 3.09. The molecule has 29 heavy (non-hydrogen) atoms. The van der Waals surface area contributed by atoms with E-state index < -0.39 is 11.7 Å². The fourth-order valence-corrected chi connectivity index (χ4v) is 4.59. The van der Waals surface area contributed by atoms with Crippen LogP contribution in [-0.2, 0) is 15.7 Å². The predicted octanol–water partition coefficient (Wildman–Crippen LogP) is 3.68. The van der Waals surface area contributed by atoms with Gasteiger partial charge in [-0.1, -0.05) is 6.92 Å². The van der Waals surface area contributed by atoms with E-state index in [1.807, 2.05) is 23.6 Å². The van der Waals surface area contributed by atoms with Crippen LogP contribution in [0.15, 0.2) is 18.2 Å². The van der Waals surface area contributed by atoms with E-state index in [-0.39, 0.29) is 22.8 Å². The number of carbonyl (C=O) groups excluding carboxylic acids is 1. The number of hydrogen-bond acceptors (Lipinski definition) is 4. The fraction of sp³-hybridized carbons (Fsp3) is 0.619. The van der Waals surface area contributed by atoms with Gasteiger partial charge in [-0.05, 0) is 37.5 Å². The van der Waals surface area contributed by atoms with E-state index in [0.29, 0.717) is 51.5 Å². The molecule has 1 amide bonds. The molecule has 158 valence electrons. The Bertz CT molecular complexity index is 805. The molecule has 8 heteroatoms. The van der Waals surface area contributed by atoms with Crippen LogP contribution in [0.25, 0.3) is 0 Å². The smallest absolute Gasteiger partial charge is 0.381 e. The third-order valence-electron chi connectivity index (χ3n) is 6.11. The monoisotopic (exact) mass is 409 g/mol. The molecule has 2 atom stereocenters. The van der Waals surface area contributed by atoms with Crippen LogP contribution in [0.1, 0.15) is 37.8 Å². The summed E-state index contributed by atoms with van der Waals surface area (Å²) in [6.45, 7) is 7.13. The zero-order chi connectivity index (χ0) is 21.2. The zero-order valence-corrected chi connectivity index (χ0v) is 16.8. The molecule has 0 aliphatic carbocycles. The molecule has 1 aromatic rings. The number of hydrogen-bond donors (Lipinski definition) is 0. The summed E-state index contributed by atoms with van der Waals surface area (Å²) in [6, 6.07) is 5.51. The van der Waals surface area contributed by atoms with Crippen LogP contribution < -0.4 is 4.90 Å². The molecule has 0 unspecified atom stereocenters. The first-order chi connectivity index (χ1) is 13.7. The van der Waals surface area contributed by atoms with E-state index in [2.05, 4.69) is 0 Å². The average molecular weight is 409 g/mol. The molecule has 0 aromatic heterocycles. The van der Waals surface area contributed by atoms with Crippen molar-refractivity contribution in [2.45, 2.75) is 32.9 Å². The summed E-state index contributed by atoms with van der Waals surface area (Å²) in [7, 11) is 0. The lowest BCUT2D eigenvalue weighted by Gasteiger charge is -2.43. The Morgan fingerprint density at radius 2 is 2.10 bits per heavy atom. The molecular formula is C21H26F3N3O2. The summed E-state index contributed by atoms with van der Waals surface area (Å²) in [4.78, 5) is 16.1. The molecule has 1 aromatic carbocycles. The lowest BCUT2D eigenvalue weighted by Crippen LogP contribution is -2.53. The van der Waals surface area contributed by atoms with Crippen LogP contribution >= 0.6 is 0 Å². The summed E-state index contributed by atoms with van der Waals surface area (Å²) in [5.41, 5.74) is -1.13. The largest absolute Gasteiger partial charge is 0.417 e. The topological polar surface area (TPSA) is 56.6 Å². The zero-order valence-electron chi connectivity index (χ0n) is 16.8. The number of fused-ring (bicyclic) bond motifs is 1. The van der Waals surface area contributed by atoms with Crippen molar-refractivity contribution in [1.29, 1.82) is 5.26 Å². The molecule has 0 saturated carbocycles. The van der Waals surface area contributed by atoms with Gasteiger partial charge in [0.2, 0.25) is 5.91 Å². The molecule has 2 fully saturated rings. The Morgan fingerprint density at radius 3 is 2.72 bits per heavy atom. The summed E-state index contributed by atoms with van der Waals surface area (Å²) in [6.07, 6.45) is -3.34. The van der Waals surface area contributed by atoms with E-state index in [0.717, 1.165) is 12.5 Å². The standard InChI is InChI=1S/C21H26F3N3O2/c1-3-19(28)26-8-7-16-11-27(13-20(16,12-26)14-29-4-2)17-6-5-15(10-25)18(9-17)21(22,23)24/h5-6,9,16H,3-4,7-8,11-14H2,1-2H3/t16-,20+/m0/s1. The van der Waals surface area contributed by atoms with Crippen LogP contribution in [0, 0.1) is 22.7 Å². The van der Waals surface area contributed by atoms with Crippen LogP contribution in [0.3, 0.4) is 0 Å². The lowest BCUT2D eigenvalue weighted by molar-refractivity contribution is -0.138. The highest BCUT2D eigenvalue weighted by molar-refractivity contribution is 5.76. The molecule has 2 saturated heterocycles. The van der Waals surface area contributed by atoms with Crippen molar-refractivity contribution in [1.82, 2.24) is 4.90 Å².